The van der Waals surface area contributed by atoms with Crippen molar-refractivity contribution in [2.75, 3.05) is 0 Å². The van der Waals surface area contributed by atoms with Gasteiger partial charge in [0.25, 0.3) is 5.56 Å². The van der Waals surface area contributed by atoms with E-state index in [1.54, 1.807) is 22.8 Å². The number of hydrogen-bond donors (Lipinski definition) is 1. The van der Waals surface area contributed by atoms with Crippen molar-refractivity contribution in [1.82, 2.24) is 19.5 Å². The van der Waals surface area contributed by atoms with Gasteiger partial charge >= 0.3 is 0 Å². The Morgan fingerprint density at radius 3 is 2.74 bits per heavy atom. The molecule has 3 heterocycles. The molecule has 138 valence electrons. The van der Waals surface area contributed by atoms with Gasteiger partial charge in [0, 0.05) is 18.7 Å². The van der Waals surface area contributed by atoms with Gasteiger partial charge in [0.05, 0.1) is 11.8 Å². The van der Waals surface area contributed by atoms with Gasteiger partial charge in [0.15, 0.2) is 5.58 Å². The molecule has 1 unspecified atom stereocenters. The predicted octanol–water partition coefficient (Wildman–Crippen LogP) is 2.82. The van der Waals surface area contributed by atoms with E-state index >= 15 is 0 Å². The second-order valence-electron chi connectivity index (χ2n) is 6.46. The molecule has 4 aromatic rings. The number of carbonyl (C=O) groups excluding carboxylic acids is 1. The number of hydrogen-bond acceptors (Lipinski definition) is 4. The van der Waals surface area contributed by atoms with Crippen LogP contribution in [0, 0.1) is 6.92 Å². The average molecular weight is 364 g/mol. The zero-order valence-electron chi connectivity index (χ0n) is 15.2. The Bertz CT molecular complexity index is 1170. The molecule has 0 spiro atoms. The van der Waals surface area contributed by atoms with E-state index in [9.17, 15) is 9.59 Å². The summed E-state index contributed by atoms with van der Waals surface area (Å²) in [4.78, 5) is 25.7. The fourth-order valence-electron chi connectivity index (χ4n) is 3.38. The van der Waals surface area contributed by atoms with Crippen LogP contribution in [0.1, 0.15) is 30.8 Å². The van der Waals surface area contributed by atoms with Crippen LogP contribution in [0.3, 0.4) is 0 Å². The van der Waals surface area contributed by atoms with Crippen molar-refractivity contribution in [2.45, 2.75) is 32.9 Å². The van der Waals surface area contributed by atoms with Crippen LogP contribution in [0.15, 0.2) is 57.9 Å². The van der Waals surface area contributed by atoms with Crippen LogP contribution in [0.2, 0.25) is 0 Å². The summed E-state index contributed by atoms with van der Waals surface area (Å²) in [5.74, 6) is 0.394. The van der Waals surface area contributed by atoms with E-state index in [-0.39, 0.29) is 11.5 Å². The van der Waals surface area contributed by atoms with E-state index in [1.165, 1.54) is 4.68 Å². The third-order valence-corrected chi connectivity index (χ3v) is 4.72. The molecule has 1 amide bonds. The van der Waals surface area contributed by atoms with Crippen molar-refractivity contribution >= 4 is 22.5 Å². The van der Waals surface area contributed by atoms with E-state index < -0.39 is 6.04 Å². The number of carbonyl (C=O) groups is 1. The van der Waals surface area contributed by atoms with Gasteiger partial charge in [-0.05, 0) is 18.9 Å². The summed E-state index contributed by atoms with van der Waals surface area (Å²) in [6.45, 7) is 4.08. The number of amides is 1. The van der Waals surface area contributed by atoms with Crippen LogP contribution in [-0.2, 0) is 11.3 Å². The predicted molar refractivity (Wildman–Crippen MR) is 102 cm³/mol. The van der Waals surface area contributed by atoms with E-state index in [1.807, 2.05) is 44.2 Å². The molecule has 1 N–H and O–H groups in total. The number of benzene rings is 1. The second-order valence-corrected chi connectivity index (χ2v) is 6.46. The number of aromatic nitrogens is 3. The fraction of sp³-hybridized carbons (Fsp3) is 0.250. The van der Waals surface area contributed by atoms with Crippen molar-refractivity contribution in [1.29, 1.82) is 0 Å². The highest BCUT2D eigenvalue weighted by molar-refractivity contribution is 5.83. The molecule has 0 fully saturated rings. The minimum atomic E-state index is -0.675. The Morgan fingerprint density at radius 1 is 1.22 bits per heavy atom. The number of aryl methyl sites for hydroxylation is 1. The van der Waals surface area contributed by atoms with Crippen molar-refractivity contribution in [3.8, 4) is 0 Å². The summed E-state index contributed by atoms with van der Waals surface area (Å²) < 4.78 is 8.44. The Morgan fingerprint density at radius 2 is 2.00 bits per heavy atom. The lowest BCUT2D eigenvalue weighted by atomic mass is 10.2. The molecule has 0 radical (unpaired) electrons. The van der Waals surface area contributed by atoms with Crippen LogP contribution in [0.4, 0.5) is 0 Å². The van der Waals surface area contributed by atoms with Crippen molar-refractivity contribution in [2.24, 2.45) is 0 Å². The third kappa shape index (κ3) is 2.91. The fourth-order valence-corrected chi connectivity index (χ4v) is 3.38. The highest BCUT2D eigenvalue weighted by atomic mass is 16.3. The molecule has 3 aromatic heterocycles. The molecular formula is C20H20N4O3. The average Bonchev–Trinajstić information content (AvgIpc) is 3.26. The smallest absolute Gasteiger partial charge is 0.291 e. The molecule has 7 heteroatoms. The van der Waals surface area contributed by atoms with Gasteiger partial charge in [-0.1, -0.05) is 37.3 Å². The summed E-state index contributed by atoms with van der Waals surface area (Å²) in [6.07, 6.45) is 2.04. The lowest BCUT2D eigenvalue weighted by molar-refractivity contribution is -0.125. The van der Waals surface area contributed by atoms with Crippen molar-refractivity contribution in [3.63, 3.8) is 0 Å². The first-order valence-electron chi connectivity index (χ1n) is 8.90. The van der Waals surface area contributed by atoms with Gasteiger partial charge < -0.3 is 9.73 Å². The summed E-state index contributed by atoms with van der Waals surface area (Å²) in [5, 5.41) is 7.32. The minimum Gasteiger partial charge on any atom is -0.463 e. The second kappa shape index (κ2) is 6.75. The first-order chi connectivity index (χ1) is 13.1. The van der Waals surface area contributed by atoms with E-state index in [0.29, 0.717) is 29.9 Å². The summed E-state index contributed by atoms with van der Waals surface area (Å²) >= 11 is 0. The lowest BCUT2D eigenvalue weighted by Crippen LogP contribution is -2.39. The SMILES string of the molecule is CCC(C(=O)NCc1ccccc1)n1nc(C)n2c(cc3occc32)c1=O. The zero-order valence-corrected chi connectivity index (χ0v) is 15.2. The molecule has 0 aliphatic carbocycles. The van der Waals surface area contributed by atoms with E-state index in [2.05, 4.69) is 10.4 Å². The minimum absolute atomic E-state index is 0.227. The number of rotatable bonds is 5. The number of nitrogens with one attached hydrogen (secondary N) is 1. The molecule has 0 aliphatic heterocycles. The van der Waals surface area contributed by atoms with Gasteiger partial charge in [0.2, 0.25) is 5.91 Å². The van der Waals surface area contributed by atoms with Gasteiger partial charge in [0.1, 0.15) is 17.4 Å². The Hall–Kier alpha value is -3.35. The standard InChI is InChI=1S/C20H20N4O3/c1-3-15(19(25)21-12-14-7-5-4-6-8-14)24-20(26)17-11-18-16(9-10-27-18)23(17)13(2)22-24/h4-11,15H,3,12H2,1-2H3,(H,21,25). The number of furan rings is 1. The maximum absolute atomic E-state index is 13.0. The molecule has 7 nitrogen and oxygen atoms in total. The summed E-state index contributed by atoms with van der Waals surface area (Å²) in [5.41, 5.74) is 2.55. The van der Waals surface area contributed by atoms with E-state index in [4.69, 9.17) is 4.42 Å². The van der Waals surface area contributed by atoms with Gasteiger partial charge in [-0.25, -0.2) is 4.68 Å². The molecule has 0 saturated heterocycles. The summed E-state index contributed by atoms with van der Waals surface area (Å²) in [6, 6.07) is 12.5. The Balaban J connectivity index is 1.69. The van der Waals surface area contributed by atoms with Crippen LogP contribution in [0.5, 0.6) is 0 Å². The first-order valence-corrected chi connectivity index (χ1v) is 8.90. The lowest BCUT2D eigenvalue weighted by Gasteiger charge is -2.18. The topological polar surface area (TPSA) is 81.5 Å². The third-order valence-electron chi connectivity index (χ3n) is 4.72. The quantitative estimate of drug-likeness (QED) is 0.590. The molecule has 0 aliphatic rings. The molecule has 1 atom stereocenters. The van der Waals surface area contributed by atoms with Gasteiger partial charge in [-0.3, -0.25) is 14.0 Å². The van der Waals surface area contributed by atoms with Crippen LogP contribution < -0.4 is 10.9 Å². The summed E-state index contributed by atoms with van der Waals surface area (Å²) in [7, 11) is 0. The molecule has 0 saturated carbocycles. The molecule has 0 bridgehead atoms. The number of fused-ring (bicyclic) bond motifs is 3. The maximum Gasteiger partial charge on any atom is 0.291 e. The van der Waals surface area contributed by atoms with Crippen molar-refractivity contribution < 1.29 is 9.21 Å². The van der Waals surface area contributed by atoms with Crippen LogP contribution in [-0.4, -0.2) is 20.1 Å². The van der Waals surface area contributed by atoms with E-state index in [0.717, 1.165) is 11.1 Å². The van der Waals surface area contributed by atoms with Gasteiger partial charge in [-0.15, -0.1) is 0 Å². The maximum atomic E-state index is 13.0. The van der Waals surface area contributed by atoms with Gasteiger partial charge in [-0.2, -0.15) is 5.10 Å². The Labute approximate surface area is 155 Å². The van der Waals surface area contributed by atoms with Crippen molar-refractivity contribution in [3.05, 3.63) is 70.5 Å². The molecule has 4 rings (SSSR count). The first kappa shape index (κ1) is 17.1. The Kier molecular flexibility index (Phi) is 4.27. The largest absolute Gasteiger partial charge is 0.463 e. The van der Waals surface area contributed by atoms with Crippen LogP contribution in [0.25, 0.3) is 16.6 Å². The highest BCUT2D eigenvalue weighted by Crippen LogP contribution is 2.21. The molecule has 27 heavy (non-hydrogen) atoms. The molecular weight excluding hydrogens is 344 g/mol. The monoisotopic (exact) mass is 364 g/mol. The normalized spacial score (nSPS) is 12.5. The zero-order chi connectivity index (χ0) is 19.0. The number of nitrogens with zero attached hydrogens (tertiary/aromatic N) is 3. The molecule has 1 aromatic carbocycles. The van der Waals surface area contributed by atoms with Crippen LogP contribution >= 0.6 is 0 Å². The highest BCUT2D eigenvalue weighted by Gasteiger charge is 2.23.